The van der Waals surface area contributed by atoms with Crippen molar-refractivity contribution in [3.05, 3.63) is 23.6 Å². The molecule has 0 aliphatic rings. The van der Waals surface area contributed by atoms with Crippen LogP contribution in [0.3, 0.4) is 0 Å². The summed E-state index contributed by atoms with van der Waals surface area (Å²) in [7, 11) is 0. The van der Waals surface area contributed by atoms with Crippen molar-refractivity contribution in [2.45, 2.75) is 26.8 Å². The number of carboxylic acid groups (broad SMARTS) is 1. The van der Waals surface area contributed by atoms with Crippen LogP contribution in [0.25, 0.3) is 0 Å². The highest BCUT2D eigenvalue weighted by Crippen LogP contribution is 2.14. The molecule has 1 atom stereocenters. The quantitative estimate of drug-likeness (QED) is 0.793. The number of carboxylic acids is 1. The van der Waals surface area contributed by atoms with Crippen LogP contribution in [0.5, 0.6) is 0 Å². The first kappa shape index (κ1) is 15.4. The molecule has 0 aliphatic carbocycles. The van der Waals surface area contributed by atoms with Gasteiger partial charge in [0.05, 0.1) is 6.20 Å². The molecule has 1 rings (SSSR count). The zero-order valence-electron chi connectivity index (χ0n) is 11.5. The minimum Gasteiger partial charge on any atom is -0.478 e. The average Bonchev–Trinajstić information content (AvgIpc) is 2.37. The van der Waals surface area contributed by atoms with Gasteiger partial charge in [0.2, 0.25) is 0 Å². The van der Waals surface area contributed by atoms with Crippen LogP contribution >= 0.6 is 0 Å². The van der Waals surface area contributed by atoms with Crippen molar-refractivity contribution in [1.82, 2.24) is 9.88 Å². The number of hydrogen-bond acceptors (Lipinski definition) is 4. The number of halogens is 1. The predicted molar refractivity (Wildman–Crippen MR) is 72.0 cm³/mol. The third-order valence-corrected chi connectivity index (χ3v) is 2.89. The second-order valence-electron chi connectivity index (χ2n) is 4.39. The van der Waals surface area contributed by atoms with Gasteiger partial charge in [0, 0.05) is 12.6 Å². The fourth-order valence-corrected chi connectivity index (χ4v) is 1.87. The fraction of sp³-hybridized carbons (Fsp3) is 0.538. The summed E-state index contributed by atoms with van der Waals surface area (Å²) in [5.41, 5.74) is -0.147. The molecule has 0 saturated carbocycles. The van der Waals surface area contributed by atoms with Gasteiger partial charge in [-0.05, 0) is 26.1 Å². The van der Waals surface area contributed by atoms with Crippen LogP contribution < -0.4 is 5.32 Å². The van der Waals surface area contributed by atoms with Gasteiger partial charge in [-0.3, -0.25) is 0 Å². The Balaban J connectivity index is 2.78. The molecular weight excluding hydrogens is 249 g/mol. The van der Waals surface area contributed by atoms with Crippen LogP contribution in [0.15, 0.2) is 12.3 Å². The molecule has 0 aliphatic heterocycles. The van der Waals surface area contributed by atoms with Crippen molar-refractivity contribution in [1.29, 1.82) is 0 Å². The van der Waals surface area contributed by atoms with E-state index in [0.717, 1.165) is 31.9 Å². The molecule has 106 valence electrons. The highest BCUT2D eigenvalue weighted by atomic mass is 19.1. The Morgan fingerprint density at radius 1 is 1.53 bits per heavy atom. The molecule has 0 radical (unpaired) electrons. The predicted octanol–water partition coefficient (Wildman–Crippen LogP) is 2.06. The van der Waals surface area contributed by atoms with Crippen molar-refractivity contribution in [3.8, 4) is 0 Å². The summed E-state index contributed by atoms with van der Waals surface area (Å²) in [4.78, 5) is 17.1. The van der Waals surface area contributed by atoms with Gasteiger partial charge in [-0.2, -0.15) is 0 Å². The molecule has 0 saturated heterocycles. The monoisotopic (exact) mass is 269 g/mol. The number of rotatable bonds is 7. The number of carbonyl (C=O) groups is 1. The highest BCUT2D eigenvalue weighted by molar-refractivity contribution is 5.93. The van der Waals surface area contributed by atoms with E-state index in [2.05, 4.69) is 29.0 Å². The van der Waals surface area contributed by atoms with E-state index in [4.69, 9.17) is 5.11 Å². The first-order chi connectivity index (χ1) is 8.97. The number of likely N-dealkylation sites (N-methyl/N-ethyl adjacent to an activating group) is 1. The van der Waals surface area contributed by atoms with E-state index < -0.39 is 11.8 Å². The largest absolute Gasteiger partial charge is 0.478 e. The lowest BCUT2D eigenvalue weighted by molar-refractivity contribution is 0.0697. The molecule has 0 spiro atoms. The molecule has 1 unspecified atom stereocenters. The molecule has 0 aromatic carbocycles. The van der Waals surface area contributed by atoms with E-state index in [1.54, 1.807) is 0 Å². The zero-order valence-corrected chi connectivity index (χ0v) is 11.5. The van der Waals surface area contributed by atoms with Crippen LogP contribution in [-0.4, -0.2) is 46.6 Å². The Morgan fingerprint density at radius 2 is 2.16 bits per heavy atom. The van der Waals surface area contributed by atoms with Crippen molar-refractivity contribution in [3.63, 3.8) is 0 Å². The highest BCUT2D eigenvalue weighted by Gasteiger charge is 2.15. The molecule has 0 amide bonds. The maximum atomic E-state index is 13.0. The van der Waals surface area contributed by atoms with E-state index in [0.29, 0.717) is 0 Å². The van der Waals surface area contributed by atoms with Gasteiger partial charge < -0.3 is 15.3 Å². The molecule has 0 bridgehead atoms. The standard InChI is InChI=1S/C13H20FN3O2/c1-4-17(5-2)8-9(3)16-12-11(13(18)19)6-10(14)7-15-12/h6-7,9H,4-5,8H2,1-3H3,(H,15,16)(H,18,19). The fourth-order valence-electron chi connectivity index (χ4n) is 1.87. The minimum absolute atomic E-state index is 0.0240. The van der Waals surface area contributed by atoms with Gasteiger partial charge in [-0.1, -0.05) is 13.8 Å². The lowest BCUT2D eigenvalue weighted by Crippen LogP contribution is -2.35. The van der Waals surface area contributed by atoms with Crippen LogP contribution in [0.4, 0.5) is 10.2 Å². The van der Waals surface area contributed by atoms with E-state index in [1.807, 2.05) is 6.92 Å². The third kappa shape index (κ3) is 4.48. The van der Waals surface area contributed by atoms with Gasteiger partial charge in [0.25, 0.3) is 0 Å². The Hall–Kier alpha value is -1.69. The second-order valence-corrected chi connectivity index (χ2v) is 4.39. The number of pyridine rings is 1. The number of anilines is 1. The molecule has 0 fully saturated rings. The van der Waals surface area contributed by atoms with Crippen LogP contribution in [0, 0.1) is 5.82 Å². The summed E-state index contributed by atoms with van der Waals surface area (Å²) < 4.78 is 13.0. The lowest BCUT2D eigenvalue weighted by Gasteiger charge is -2.24. The number of nitrogens with zero attached hydrogens (tertiary/aromatic N) is 2. The van der Waals surface area contributed by atoms with Crippen LogP contribution in [-0.2, 0) is 0 Å². The summed E-state index contributed by atoms with van der Waals surface area (Å²) in [5, 5.41) is 12.0. The maximum absolute atomic E-state index is 13.0. The average molecular weight is 269 g/mol. The van der Waals surface area contributed by atoms with E-state index >= 15 is 0 Å². The van der Waals surface area contributed by atoms with Crippen molar-refractivity contribution >= 4 is 11.8 Å². The summed E-state index contributed by atoms with van der Waals surface area (Å²) in [6.45, 7) is 8.68. The first-order valence-electron chi connectivity index (χ1n) is 6.35. The van der Waals surface area contributed by atoms with Gasteiger partial charge >= 0.3 is 5.97 Å². The van der Waals surface area contributed by atoms with Crippen LogP contribution in [0.2, 0.25) is 0 Å². The summed E-state index contributed by atoms with van der Waals surface area (Å²) in [6.07, 6.45) is 1.01. The first-order valence-corrected chi connectivity index (χ1v) is 6.35. The summed E-state index contributed by atoms with van der Waals surface area (Å²) in [6, 6.07) is 0.998. The van der Waals surface area contributed by atoms with E-state index in [-0.39, 0.29) is 17.4 Å². The Morgan fingerprint density at radius 3 is 2.68 bits per heavy atom. The van der Waals surface area contributed by atoms with E-state index in [9.17, 15) is 9.18 Å². The number of aromatic nitrogens is 1. The Bertz CT molecular complexity index is 436. The zero-order chi connectivity index (χ0) is 14.4. The second kappa shape index (κ2) is 7.04. The van der Waals surface area contributed by atoms with Gasteiger partial charge in [0.1, 0.15) is 17.2 Å². The van der Waals surface area contributed by atoms with Crippen molar-refractivity contribution in [2.75, 3.05) is 25.0 Å². The van der Waals surface area contributed by atoms with Crippen molar-refractivity contribution in [2.24, 2.45) is 0 Å². The number of hydrogen-bond donors (Lipinski definition) is 2. The van der Waals surface area contributed by atoms with E-state index in [1.165, 1.54) is 0 Å². The molecule has 1 heterocycles. The minimum atomic E-state index is -1.19. The lowest BCUT2D eigenvalue weighted by atomic mass is 10.2. The molecule has 2 N–H and O–H groups in total. The molecule has 5 nitrogen and oxygen atoms in total. The molecule has 6 heteroatoms. The number of nitrogens with one attached hydrogen (secondary N) is 1. The summed E-state index contributed by atoms with van der Waals surface area (Å²) in [5.74, 6) is -1.64. The Kier molecular flexibility index (Phi) is 5.69. The smallest absolute Gasteiger partial charge is 0.339 e. The maximum Gasteiger partial charge on any atom is 0.339 e. The van der Waals surface area contributed by atoms with Crippen LogP contribution in [0.1, 0.15) is 31.1 Å². The van der Waals surface area contributed by atoms with Gasteiger partial charge in [0.15, 0.2) is 0 Å². The third-order valence-electron chi connectivity index (χ3n) is 2.89. The van der Waals surface area contributed by atoms with Gasteiger partial charge in [-0.15, -0.1) is 0 Å². The topological polar surface area (TPSA) is 65.5 Å². The SMILES string of the molecule is CCN(CC)CC(C)Nc1ncc(F)cc1C(=O)O. The number of aromatic carboxylic acids is 1. The Labute approximate surface area is 112 Å². The normalized spacial score (nSPS) is 12.5. The molecule has 19 heavy (non-hydrogen) atoms. The summed E-state index contributed by atoms with van der Waals surface area (Å²) >= 11 is 0. The molecular formula is C13H20FN3O2. The molecule has 1 aromatic heterocycles. The van der Waals surface area contributed by atoms with Gasteiger partial charge in [-0.25, -0.2) is 14.2 Å². The van der Waals surface area contributed by atoms with Crippen molar-refractivity contribution < 1.29 is 14.3 Å². The molecule has 1 aromatic rings.